The van der Waals surface area contributed by atoms with E-state index in [0.29, 0.717) is 4.47 Å². The van der Waals surface area contributed by atoms with Crippen molar-refractivity contribution in [3.8, 4) is 5.75 Å². The smallest absolute Gasteiger partial charge is 0.184 e. The van der Waals surface area contributed by atoms with Crippen LogP contribution in [0.15, 0.2) is 45.8 Å². The van der Waals surface area contributed by atoms with Gasteiger partial charge in [0.25, 0.3) is 0 Å². The predicted octanol–water partition coefficient (Wildman–Crippen LogP) is 3.15. The third-order valence-corrected chi connectivity index (χ3v) is 5.13. The number of methoxy groups -OCH3 is 1. The monoisotopic (exact) mass is 373 g/mol. The van der Waals surface area contributed by atoms with Crippen LogP contribution < -0.4 is 10.5 Å². The molecule has 2 N–H and O–H groups in total. The van der Waals surface area contributed by atoms with Crippen LogP contribution in [0.3, 0.4) is 0 Å². The number of ether oxygens (including phenoxy) is 1. The van der Waals surface area contributed by atoms with Gasteiger partial charge in [0, 0.05) is 10.0 Å². The second-order valence-corrected chi connectivity index (χ2v) is 7.25. The van der Waals surface area contributed by atoms with Crippen LogP contribution >= 0.6 is 15.9 Å². The van der Waals surface area contributed by atoms with Crippen LogP contribution in [-0.2, 0) is 15.6 Å². The lowest BCUT2D eigenvalue weighted by Crippen LogP contribution is -2.09. The molecule has 2 rings (SSSR count). The van der Waals surface area contributed by atoms with Gasteiger partial charge in [0.15, 0.2) is 21.4 Å². The zero-order valence-electron chi connectivity index (χ0n) is 11.1. The average Bonchev–Trinajstić information content (AvgIpc) is 2.43. The van der Waals surface area contributed by atoms with Crippen molar-refractivity contribution < 1.29 is 17.5 Å². The Labute approximate surface area is 130 Å². The van der Waals surface area contributed by atoms with Crippen LogP contribution in [0.4, 0.5) is 10.1 Å². The first-order chi connectivity index (χ1) is 9.85. The molecule has 2 aromatic carbocycles. The minimum atomic E-state index is -3.76. The molecule has 0 unspecified atom stereocenters. The van der Waals surface area contributed by atoms with Gasteiger partial charge in [-0.25, -0.2) is 12.8 Å². The molecule has 0 radical (unpaired) electrons. The summed E-state index contributed by atoms with van der Waals surface area (Å²) in [5.74, 6) is -1.17. The summed E-state index contributed by atoms with van der Waals surface area (Å²) in [5.41, 5.74) is 5.87. The minimum absolute atomic E-state index is 0.00455. The van der Waals surface area contributed by atoms with Crippen molar-refractivity contribution in [2.24, 2.45) is 0 Å². The van der Waals surface area contributed by atoms with Gasteiger partial charge in [0.1, 0.15) is 0 Å². The number of hydrogen-bond acceptors (Lipinski definition) is 4. The molecular formula is C14H13BrFNO3S. The second kappa shape index (κ2) is 6.03. The first-order valence-electron chi connectivity index (χ1n) is 5.94. The highest BCUT2D eigenvalue weighted by molar-refractivity contribution is 9.10. The van der Waals surface area contributed by atoms with Crippen molar-refractivity contribution in [2.45, 2.75) is 10.6 Å². The maximum Gasteiger partial charge on any atom is 0.184 e. The molecule has 7 heteroatoms. The van der Waals surface area contributed by atoms with Gasteiger partial charge in [0.05, 0.1) is 23.4 Å². The number of nitrogens with two attached hydrogens (primary N) is 1. The first-order valence-corrected chi connectivity index (χ1v) is 8.39. The lowest BCUT2D eigenvalue weighted by Gasteiger charge is -2.10. The molecule has 0 aromatic heterocycles. The Morgan fingerprint density at radius 3 is 2.67 bits per heavy atom. The van der Waals surface area contributed by atoms with Gasteiger partial charge in [-0.05, 0) is 24.3 Å². The van der Waals surface area contributed by atoms with Crippen molar-refractivity contribution in [1.29, 1.82) is 0 Å². The van der Waals surface area contributed by atoms with Crippen LogP contribution in [-0.4, -0.2) is 15.5 Å². The number of sulfone groups is 1. The summed E-state index contributed by atoms with van der Waals surface area (Å²) >= 11 is 3.20. The Hall–Kier alpha value is -1.60. The topological polar surface area (TPSA) is 69.4 Å². The third-order valence-electron chi connectivity index (χ3n) is 2.92. The highest BCUT2D eigenvalue weighted by Gasteiger charge is 2.21. The molecule has 4 nitrogen and oxygen atoms in total. The summed E-state index contributed by atoms with van der Waals surface area (Å²) in [6.45, 7) is 0. The van der Waals surface area contributed by atoms with E-state index in [2.05, 4.69) is 15.9 Å². The summed E-state index contributed by atoms with van der Waals surface area (Å²) in [4.78, 5) is -0.0286. The quantitative estimate of drug-likeness (QED) is 0.835. The van der Waals surface area contributed by atoms with Crippen molar-refractivity contribution in [1.82, 2.24) is 0 Å². The van der Waals surface area contributed by atoms with Gasteiger partial charge in [-0.15, -0.1) is 0 Å². The summed E-state index contributed by atoms with van der Waals surface area (Å²) in [6, 6.07) is 8.90. The molecule has 0 aliphatic heterocycles. The second-order valence-electron chi connectivity index (χ2n) is 4.37. The van der Waals surface area contributed by atoms with E-state index in [1.807, 2.05) is 0 Å². The number of nitrogen functional groups attached to an aromatic ring is 1. The molecule has 0 heterocycles. The van der Waals surface area contributed by atoms with Crippen LogP contribution in [0.2, 0.25) is 0 Å². The van der Waals surface area contributed by atoms with E-state index in [1.54, 1.807) is 6.07 Å². The zero-order chi connectivity index (χ0) is 15.6. The van der Waals surface area contributed by atoms with Crippen LogP contribution in [0, 0.1) is 5.82 Å². The SMILES string of the molecule is COc1cccc(CS(=O)(=O)c2cc(Br)ccc2N)c1F. The summed E-state index contributed by atoms with van der Waals surface area (Å²) in [5, 5.41) is 0. The highest BCUT2D eigenvalue weighted by atomic mass is 79.9. The van der Waals surface area contributed by atoms with Gasteiger partial charge < -0.3 is 10.5 Å². The normalized spacial score (nSPS) is 11.4. The Kier molecular flexibility index (Phi) is 4.53. The van der Waals surface area contributed by atoms with E-state index < -0.39 is 21.4 Å². The first kappa shape index (κ1) is 15.8. The van der Waals surface area contributed by atoms with Crippen molar-refractivity contribution in [3.63, 3.8) is 0 Å². The maximum absolute atomic E-state index is 14.1. The maximum atomic E-state index is 14.1. The Balaban J connectivity index is 2.45. The minimum Gasteiger partial charge on any atom is -0.494 e. The van der Waals surface area contributed by atoms with E-state index in [1.165, 1.54) is 37.4 Å². The van der Waals surface area contributed by atoms with Crippen molar-refractivity contribution in [3.05, 3.63) is 52.3 Å². The molecular weight excluding hydrogens is 361 g/mol. The number of anilines is 1. The van der Waals surface area contributed by atoms with Crippen LogP contribution in [0.5, 0.6) is 5.75 Å². The number of halogens is 2. The molecule has 0 spiro atoms. The molecule has 0 atom stereocenters. The highest BCUT2D eigenvalue weighted by Crippen LogP contribution is 2.28. The standard InChI is InChI=1S/C14H13BrFNO3S/c1-20-12-4-2-3-9(14(12)16)8-21(18,19)13-7-10(15)5-6-11(13)17/h2-7H,8,17H2,1H3. The fourth-order valence-electron chi connectivity index (χ4n) is 1.89. The molecule has 0 bridgehead atoms. The van der Waals surface area contributed by atoms with Crippen molar-refractivity contribution in [2.75, 3.05) is 12.8 Å². The van der Waals surface area contributed by atoms with Gasteiger partial charge in [-0.2, -0.15) is 0 Å². The summed E-state index contributed by atoms with van der Waals surface area (Å²) in [7, 11) is -2.44. The molecule has 21 heavy (non-hydrogen) atoms. The number of hydrogen-bond donors (Lipinski definition) is 1. The van der Waals surface area contributed by atoms with Crippen molar-refractivity contribution >= 4 is 31.5 Å². The van der Waals surface area contributed by atoms with E-state index in [9.17, 15) is 12.8 Å². The third kappa shape index (κ3) is 3.36. The molecule has 112 valence electrons. The Bertz CT molecular complexity index is 778. The molecule has 0 saturated heterocycles. The fourth-order valence-corrected chi connectivity index (χ4v) is 3.92. The van der Waals surface area contributed by atoms with E-state index in [0.717, 1.165) is 0 Å². The van der Waals surface area contributed by atoms with E-state index in [4.69, 9.17) is 10.5 Å². The van der Waals surface area contributed by atoms with Gasteiger partial charge >= 0.3 is 0 Å². The Morgan fingerprint density at radius 1 is 1.29 bits per heavy atom. The lowest BCUT2D eigenvalue weighted by molar-refractivity contribution is 0.385. The van der Waals surface area contributed by atoms with Gasteiger partial charge in [-0.3, -0.25) is 0 Å². The van der Waals surface area contributed by atoms with Gasteiger partial charge in [-0.1, -0.05) is 28.1 Å². The average molecular weight is 374 g/mol. The van der Waals surface area contributed by atoms with Crippen LogP contribution in [0.25, 0.3) is 0 Å². The molecule has 0 saturated carbocycles. The molecule has 2 aromatic rings. The lowest BCUT2D eigenvalue weighted by atomic mass is 10.2. The zero-order valence-corrected chi connectivity index (χ0v) is 13.5. The van der Waals surface area contributed by atoms with Gasteiger partial charge in [0.2, 0.25) is 0 Å². The predicted molar refractivity (Wildman–Crippen MR) is 82.4 cm³/mol. The summed E-state index contributed by atoms with van der Waals surface area (Å²) < 4.78 is 44.3. The Morgan fingerprint density at radius 2 is 2.00 bits per heavy atom. The summed E-state index contributed by atoms with van der Waals surface area (Å²) in [6.07, 6.45) is 0. The fraction of sp³-hybridized carbons (Fsp3) is 0.143. The molecule has 0 fully saturated rings. The van der Waals surface area contributed by atoms with E-state index in [-0.39, 0.29) is 21.9 Å². The molecule has 0 aliphatic rings. The van der Waals surface area contributed by atoms with E-state index >= 15 is 0 Å². The number of benzene rings is 2. The van der Waals surface area contributed by atoms with Crippen LogP contribution in [0.1, 0.15) is 5.56 Å². The number of rotatable bonds is 4. The largest absolute Gasteiger partial charge is 0.494 e. The molecule has 0 amide bonds. The molecule has 0 aliphatic carbocycles.